The molecule has 5 nitrogen and oxygen atoms in total. The van der Waals surface area contributed by atoms with Crippen LogP contribution in [0.5, 0.6) is 17.2 Å². The van der Waals surface area contributed by atoms with Crippen molar-refractivity contribution in [2.24, 2.45) is 0 Å². The molecule has 0 fully saturated rings. The highest BCUT2D eigenvalue weighted by atomic mass is 16.6. The van der Waals surface area contributed by atoms with Gasteiger partial charge in [-0.15, -0.1) is 0 Å². The topological polar surface area (TPSA) is 54.0 Å². The van der Waals surface area contributed by atoms with Gasteiger partial charge in [-0.2, -0.15) is 0 Å². The summed E-state index contributed by atoms with van der Waals surface area (Å²) >= 11 is 0. The highest BCUT2D eigenvalue weighted by Gasteiger charge is 2.11. The van der Waals surface area contributed by atoms with Gasteiger partial charge in [0.1, 0.15) is 12.4 Å². The van der Waals surface area contributed by atoms with E-state index in [-0.39, 0.29) is 13.2 Å². The van der Waals surface area contributed by atoms with Crippen LogP contribution in [0.2, 0.25) is 0 Å². The maximum atomic E-state index is 12.0. The van der Waals surface area contributed by atoms with Crippen LogP contribution in [0.1, 0.15) is 11.1 Å². The predicted molar refractivity (Wildman–Crippen MR) is 104 cm³/mol. The van der Waals surface area contributed by atoms with E-state index in [1.807, 2.05) is 61.5 Å². The van der Waals surface area contributed by atoms with Crippen LogP contribution >= 0.6 is 0 Å². The second kappa shape index (κ2) is 8.45. The van der Waals surface area contributed by atoms with Crippen molar-refractivity contribution in [3.8, 4) is 17.2 Å². The number of benzene rings is 3. The lowest BCUT2D eigenvalue weighted by atomic mass is 10.1. The molecular weight excluding hydrogens is 344 g/mol. The second-order valence-corrected chi connectivity index (χ2v) is 6.09. The third-order valence-electron chi connectivity index (χ3n) is 4.31. The van der Waals surface area contributed by atoms with Crippen molar-refractivity contribution in [1.82, 2.24) is 0 Å². The highest BCUT2D eigenvalue weighted by Crippen LogP contribution is 2.30. The van der Waals surface area contributed by atoms with Gasteiger partial charge in [-0.25, -0.2) is 4.79 Å². The van der Waals surface area contributed by atoms with Gasteiger partial charge in [0.05, 0.1) is 14.2 Å². The molecule has 0 aliphatic carbocycles. The molecule has 0 N–H and O–H groups in total. The number of carbonyl (C=O) groups is 1. The number of ether oxygens (including phenoxy) is 4. The molecule has 5 heteroatoms. The molecular formula is C22H22O5. The molecule has 3 aromatic carbocycles. The van der Waals surface area contributed by atoms with Gasteiger partial charge in [0, 0.05) is 0 Å². The van der Waals surface area contributed by atoms with E-state index >= 15 is 0 Å². The third kappa shape index (κ3) is 4.50. The van der Waals surface area contributed by atoms with E-state index in [9.17, 15) is 4.79 Å². The summed E-state index contributed by atoms with van der Waals surface area (Å²) in [5.41, 5.74) is 1.81. The zero-order valence-corrected chi connectivity index (χ0v) is 15.7. The summed E-state index contributed by atoms with van der Waals surface area (Å²) in [6.07, 6.45) is 0. The average molecular weight is 366 g/mol. The minimum Gasteiger partial charge on any atom is -0.493 e. The maximum absolute atomic E-state index is 12.0. The standard InChI is InChI=1S/C22H22O5/c1-15-10-20(24-2)21(25-3)12-18(15)13-27-22(23)14-26-19-9-8-16-6-4-5-7-17(16)11-19/h4-12H,13-14H2,1-3H3. The van der Waals surface area contributed by atoms with Crippen LogP contribution in [0.15, 0.2) is 54.6 Å². The van der Waals surface area contributed by atoms with Crippen LogP contribution in [0, 0.1) is 6.92 Å². The first-order valence-corrected chi connectivity index (χ1v) is 8.59. The van der Waals surface area contributed by atoms with E-state index in [0.717, 1.165) is 21.9 Å². The molecule has 0 aliphatic rings. The summed E-state index contributed by atoms with van der Waals surface area (Å²) in [4.78, 5) is 12.0. The SMILES string of the molecule is COc1cc(C)c(COC(=O)COc2ccc3ccccc3c2)cc1OC. The second-order valence-electron chi connectivity index (χ2n) is 6.09. The van der Waals surface area contributed by atoms with Crippen molar-refractivity contribution in [3.63, 3.8) is 0 Å². The van der Waals surface area contributed by atoms with Gasteiger partial charge < -0.3 is 18.9 Å². The van der Waals surface area contributed by atoms with Crippen LogP contribution in [0.3, 0.4) is 0 Å². The quantitative estimate of drug-likeness (QED) is 0.584. The molecule has 0 unspecified atom stereocenters. The Morgan fingerprint density at radius 3 is 2.33 bits per heavy atom. The predicted octanol–water partition coefficient (Wildman–Crippen LogP) is 4.29. The third-order valence-corrected chi connectivity index (χ3v) is 4.31. The van der Waals surface area contributed by atoms with Gasteiger partial charge in [-0.05, 0) is 53.1 Å². The van der Waals surface area contributed by atoms with Crippen LogP contribution < -0.4 is 14.2 Å². The lowest BCUT2D eigenvalue weighted by Gasteiger charge is -2.13. The number of methoxy groups -OCH3 is 2. The lowest BCUT2D eigenvalue weighted by molar-refractivity contribution is -0.147. The van der Waals surface area contributed by atoms with Gasteiger partial charge in [-0.1, -0.05) is 30.3 Å². The Morgan fingerprint density at radius 2 is 1.59 bits per heavy atom. The number of hydrogen-bond donors (Lipinski definition) is 0. The fraction of sp³-hybridized carbons (Fsp3) is 0.227. The zero-order chi connectivity index (χ0) is 19.2. The number of esters is 1. The van der Waals surface area contributed by atoms with Crippen LogP contribution in [-0.2, 0) is 16.1 Å². The number of rotatable bonds is 7. The summed E-state index contributed by atoms with van der Waals surface area (Å²) in [6.45, 7) is 1.92. The fourth-order valence-corrected chi connectivity index (χ4v) is 2.78. The van der Waals surface area contributed by atoms with Gasteiger partial charge in [0.25, 0.3) is 0 Å². The van der Waals surface area contributed by atoms with Crippen LogP contribution in [0.25, 0.3) is 10.8 Å². The van der Waals surface area contributed by atoms with Crippen LogP contribution in [-0.4, -0.2) is 26.8 Å². The fourth-order valence-electron chi connectivity index (χ4n) is 2.78. The van der Waals surface area contributed by atoms with E-state index in [1.165, 1.54) is 0 Å². The Bertz CT molecular complexity index is 949. The molecule has 27 heavy (non-hydrogen) atoms. The maximum Gasteiger partial charge on any atom is 0.344 e. The molecule has 0 amide bonds. The molecule has 0 heterocycles. The molecule has 0 bridgehead atoms. The first kappa shape index (κ1) is 18.6. The Kier molecular flexibility index (Phi) is 5.81. The van der Waals surface area contributed by atoms with Crippen LogP contribution in [0.4, 0.5) is 0 Å². The first-order chi connectivity index (χ1) is 13.1. The monoisotopic (exact) mass is 366 g/mol. The molecule has 0 aromatic heterocycles. The first-order valence-electron chi connectivity index (χ1n) is 8.59. The lowest BCUT2D eigenvalue weighted by Crippen LogP contribution is -2.15. The minimum absolute atomic E-state index is 0.145. The zero-order valence-electron chi connectivity index (χ0n) is 15.7. The van der Waals surface area contributed by atoms with E-state index < -0.39 is 5.97 Å². The number of fused-ring (bicyclic) bond motifs is 1. The number of aryl methyl sites for hydroxylation is 1. The highest BCUT2D eigenvalue weighted by molar-refractivity contribution is 5.83. The van der Waals surface area contributed by atoms with E-state index in [0.29, 0.717) is 17.2 Å². The largest absolute Gasteiger partial charge is 0.493 e. The van der Waals surface area contributed by atoms with Crippen molar-refractivity contribution in [1.29, 1.82) is 0 Å². The van der Waals surface area contributed by atoms with Crippen molar-refractivity contribution in [3.05, 3.63) is 65.7 Å². The molecule has 0 saturated carbocycles. The minimum atomic E-state index is -0.433. The van der Waals surface area contributed by atoms with Crippen molar-refractivity contribution >= 4 is 16.7 Å². The molecule has 0 aliphatic heterocycles. The average Bonchev–Trinajstić information content (AvgIpc) is 2.70. The summed E-state index contributed by atoms with van der Waals surface area (Å²) in [7, 11) is 3.15. The van der Waals surface area contributed by atoms with Gasteiger partial charge in [0.15, 0.2) is 18.1 Å². The van der Waals surface area contributed by atoms with Crippen molar-refractivity contribution in [2.75, 3.05) is 20.8 Å². The summed E-state index contributed by atoms with van der Waals surface area (Å²) in [5, 5.41) is 2.18. The molecule has 0 radical (unpaired) electrons. The number of hydrogen-bond acceptors (Lipinski definition) is 5. The van der Waals surface area contributed by atoms with E-state index in [2.05, 4.69) is 0 Å². The van der Waals surface area contributed by atoms with Crippen molar-refractivity contribution in [2.45, 2.75) is 13.5 Å². The molecule has 0 atom stereocenters. The Balaban J connectivity index is 1.58. The summed E-state index contributed by atoms with van der Waals surface area (Å²) in [5.74, 6) is 1.44. The van der Waals surface area contributed by atoms with Gasteiger partial charge in [0.2, 0.25) is 0 Å². The normalized spacial score (nSPS) is 10.5. The molecule has 3 aromatic rings. The number of carbonyl (C=O) groups excluding carboxylic acids is 1. The van der Waals surface area contributed by atoms with E-state index in [4.69, 9.17) is 18.9 Å². The Morgan fingerprint density at radius 1 is 0.889 bits per heavy atom. The molecule has 140 valence electrons. The van der Waals surface area contributed by atoms with Gasteiger partial charge >= 0.3 is 5.97 Å². The molecule has 0 spiro atoms. The molecule has 0 saturated heterocycles. The summed E-state index contributed by atoms with van der Waals surface area (Å²) in [6, 6.07) is 17.3. The Hall–Kier alpha value is -3.21. The molecule has 3 rings (SSSR count). The van der Waals surface area contributed by atoms with Crippen molar-refractivity contribution < 1.29 is 23.7 Å². The van der Waals surface area contributed by atoms with Gasteiger partial charge in [-0.3, -0.25) is 0 Å². The summed E-state index contributed by atoms with van der Waals surface area (Å²) < 4.78 is 21.4. The van der Waals surface area contributed by atoms with E-state index in [1.54, 1.807) is 14.2 Å². The smallest absolute Gasteiger partial charge is 0.344 e. The Labute approximate surface area is 158 Å².